The molecule has 0 rings (SSSR count). The second-order valence-corrected chi connectivity index (χ2v) is 9.25. The van der Waals surface area contributed by atoms with E-state index in [1.807, 2.05) is 18.5 Å². The zero-order chi connectivity index (χ0) is 7.49. The van der Waals surface area contributed by atoms with Crippen LogP contribution in [-0.4, -0.2) is 17.8 Å². The standard InChI is InChI=1S/C4H10Cl2NPS/c1-3-7(4-2)8(5,6)9/h3-4H2,1-2H3. The Bertz CT molecular complexity index is 120. The van der Waals surface area contributed by atoms with E-state index in [1.165, 1.54) is 0 Å². The van der Waals surface area contributed by atoms with Crippen LogP contribution < -0.4 is 0 Å². The van der Waals surface area contributed by atoms with E-state index in [0.717, 1.165) is 13.1 Å². The lowest BCUT2D eigenvalue weighted by Crippen LogP contribution is -2.14. The third-order valence-electron chi connectivity index (χ3n) is 1.06. The maximum atomic E-state index is 5.72. The molecule has 0 N–H and O–H groups in total. The van der Waals surface area contributed by atoms with E-state index in [2.05, 4.69) is 0 Å². The van der Waals surface area contributed by atoms with Crippen LogP contribution >= 0.6 is 27.4 Å². The average molecular weight is 206 g/mol. The lowest BCUT2D eigenvalue weighted by atomic mass is 10.7. The molecule has 0 spiro atoms. The predicted molar refractivity (Wildman–Crippen MR) is 48.9 cm³/mol. The van der Waals surface area contributed by atoms with Gasteiger partial charge in [0.1, 0.15) is 0 Å². The van der Waals surface area contributed by atoms with Crippen molar-refractivity contribution in [2.75, 3.05) is 13.1 Å². The fourth-order valence-electron chi connectivity index (χ4n) is 0.553. The van der Waals surface area contributed by atoms with Gasteiger partial charge in [0, 0.05) is 13.1 Å². The molecule has 0 saturated carbocycles. The molecule has 0 radical (unpaired) electrons. The van der Waals surface area contributed by atoms with Gasteiger partial charge in [0.15, 0.2) is 4.89 Å². The van der Waals surface area contributed by atoms with E-state index in [-0.39, 0.29) is 0 Å². The van der Waals surface area contributed by atoms with Crippen LogP contribution in [0.1, 0.15) is 13.8 Å². The van der Waals surface area contributed by atoms with E-state index in [0.29, 0.717) is 0 Å². The Kier molecular flexibility index (Phi) is 4.70. The van der Waals surface area contributed by atoms with Gasteiger partial charge in [0.05, 0.1) is 0 Å². The summed E-state index contributed by atoms with van der Waals surface area (Å²) in [4.78, 5) is -2.16. The van der Waals surface area contributed by atoms with Crippen molar-refractivity contribution in [3.05, 3.63) is 0 Å². The minimum absolute atomic E-state index is 0.834. The monoisotopic (exact) mass is 205 g/mol. The lowest BCUT2D eigenvalue weighted by molar-refractivity contribution is 0.518. The van der Waals surface area contributed by atoms with Gasteiger partial charge in [-0.05, 0) is 11.8 Å². The first-order valence-corrected chi connectivity index (χ1v) is 7.33. The van der Waals surface area contributed by atoms with Crippen molar-refractivity contribution in [2.24, 2.45) is 0 Å². The molecule has 0 aromatic carbocycles. The fraction of sp³-hybridized carbons (Fsp3) is 1.00. The molecule has 0 aromatic rings. The van der Waals surface area contributed by atoms with E-state index < -0.39 is 4.89 Å². The van der Waals surface area contributed by atoms with Crippen molar-refractivity contribution in [1.29, 1.82) is 0 Å². The number of hydrogen-bond acceptors (Lipinski definition) is 1. The first-order valence-electron chi connectivity index (χ1n) is 2.77. The second-order valence-electron chi connectivity index (χ2n) is 1.57. The van der Waals surface area contributed by atoms with Gasteiger partial charge in [-0.3, -0.25) is 4.67 Å². The Morgan fingerprint density at radius 2 is 1.67 bits per heavy atom. The predicted octanol–water partition coefficient (Wildman–Crippen LogP) is 3.03. The van der Waals surface area contributed by atoms with Crippen molar-refractivity contribution in [3.8, 4) is 0 Å². The molecule has 0 amide bonds. The summed E-state index contributed by atoms with van der Waals surface area (Å²) in [6, 6.07) is 0. The van der Waals surface area contributed by atoms with Crippen molar-refractivity contribution in [2.45, 2.75) is 13.8 Å². The van der Waals surface area contributed by atoms with Crippen LogP contribution in [0, 0.1) is 0 Å². The lowest BCUT2D eigenvalue weighted by Gasteiger charge is -2.21. The van der Waals surface area contributed by atoms with Gasteiger partial charge in [0.2, 0.25) is 0 Å². The first kappa shape index (κ1) is 10.2. The number of rotatable bonds is 3. The largest absolute Gasteiger partial charge is 0.252 e. The maximum Gasteiger partial charge on any atom is 0.183 e. The Morgan fingerprint density at radius 1 is 1.33 bits per heavy atom. The normalized spacial score (nSPS) is 12.6. The van der Waals surface area contributed by atoms with Gasteiger partial charge in [-0.25, -0.2) is 0 Å². The molecular formula is C4H10Cl2NPS. The fourth-order valence-corrected chi connectivity index (χ4v) is 3.19. The highest BCUT2D eigenvalue weighted by atomic mass is 35.9. The summed E-state index contributed by atoms with van der Waals surface area (Å²) >= 11 is 16.3. The van der Waals surface area contributed by atoms with Crippen molar-refractivity contribution >= 4 is 39.2 Å². The third-order valence-corrected chi connectivity index (χ3v) is 4.26. The van der Waals surface area contributed by atoms with E-state index in [4.69, 9.17) is 34.3 Å². The van der Waals surface area contributed by atoms with Gasteiger partial charge < -0.3 is 0 Å². The Labute approximate surface area is 71.0 Å². The summed E-state index contributed by atoms with van der Waals surface area (Å²) in [6.45, 7) is 5.66. The molecule has 0 aliphatic rings. The van der Waals surface area contributed by atoms with Gasteiger partial charge >= 0.3 is 0 Å². The molecule has 0 fully saturated rings. The number of halogens is 2. The van der Waals surface area contributed by atoms with Crippen molar-refractivity contribution in [1.82, 2.24) is 4.67 Å². The Balaban J connectivity index is 3.96. The molecule has 5 heteroatoms. The average Bonchev–Trinajstić information content (AvgIpc) is 1.65. The molecule has 0 heterocycles. The first-order chi connectivity index (χ1) is 4.02. The molecule has 0 saturated heterocycles. The topological polar surface area (TPSA) is 3.24 Å². The zero-order valence-corrected chi connectivity index (χ0v) is 8.70. The zero-order valence-electron chi connectivity index (χ0n) is 5.47. The molecule has 0 aliphatic carbocycles. The van der Waals surface area contributed by atoms with Crippen LogP contribution in [0.25, 0.3) is 0 Å². The molecule has 0 unspecified atom stereocenters. The highest BCUT2D eigenvalue weighted by molar-refractivity contribution is 8.37. The quantitative estimate of drug-likeness (QED) is 0.653. The maximum absolute atomic E-state index is 5.72. The smallest absolute Gasteiger partial charge is 0.183 e. The molecule has 1 nitrogen and oxygen atoms in total. The number of nitrogens with zero attached hydrogens (tertiary/aromatic N) is 1. The third kappa shape index (κ3) is 3.79. The van der Waals surface area contributed by atoms with Crippen LogP contribution in [0.3, 0.4) is 0 Å². The van der Waals surface area contributed by atoms with E-state index in [9.17, 15) is 0 Å². The summed E-state index contributed by atoms with van der Waals surface area (Å²) in [5.41, 5.74) is 0. The van der Waals surface area contributed by atoms with Gasteiger partial charge in [-0.2, -0.15) is 0 Å². The van der Waals surface area contributed by atoms with Crippen LogP contribution in [-0.2, 0) is 11.8 Å². The SMILES string of the molecule is CCN(CC)P(=S)(Cl)Cl. The van der Waals surface area contributed by atoms with Crippen LogP contribution in [0.5, 0.6) is 0 Å². The molecule has 0 aliphatic heterocycles. The van der Waals surface area contributed by atoms with E-state index in [1.54, 1.807) is 0 Å². The van der Waals surface area contributed by atoms with Crippen molar-refractivity contribution < 1.29 is 0 Å². The Hall–Kier alpha value is 1.19. The summed E-state index contributed by atoms with van der Waals surface area (Å²) in [5, 5.41) is 0. The van der Waals surface area contributed by atoms with Gasteiger partial charge in [-0.15, -0.1) is 0 Å². The summed E-state index contributed by atoms with van der Waals surface area (Å²) in [5.74, 6) is 0. The molecule has 0 bridgehead atoms. The van der Waals surface area contributed by atoms with Gasteiger partial charge in [-0.1, -0.05) is 36.3 Å². The highest BCUT2D eigenvalue weighted by Gasteiger charge is 2.15. The van der Waals surface area contributed by atoms with Gasteiger partial charge in [0.25, 0.3) is 0 Å². The van der Waals surface area contributed by atoms with Crippen LogP contribution in [0.4, 0.5) is 0 Å². The second kappa shape index (κ2) is 4.15. The summed E-state index contributed by atoms with van der Waals surface area (Å²) in [7, 11) is 0. The Morgan fingerprint density at radius 3 is 1.67 bits per heavy atom. The molecule has 0 atom stereocenters. The molecule has 0 aromatic heterocycles. The minimum Gasteiger partial charge on any atom is -0.252 e. The molecule has 56 valence electrons. The van der Waals surface area contributed by atoms with Crippen LogP contribution in [0.15, 0.2) is 0 Å². The number of hydrogen-bond donors (Lipinski definition) is 0. The van der Waals surface area contributed by atoms with E-state index >= 15 is 0 Å². The molecular weight excluding hydrogens is 196 g/mol. The van der Waals surface area contributed by atoms with Crippen molar-refractivity contribution in [3.63, 3.8) is 0 Å². The summed E-state index contributed by atoms with van der Waals surface area (Å²) < 4.78 is 1.89. The molecule has 9 heavy (non-hydrogen) atoms. The minimum atomic E-state index is -2.16. The van der Waals surface area contributed by atoms with Crippen LogP contribution in [0.2, 0.25) is 0 Å². The highest BCUT2D eigenvalue weighted by Crippen LogP contribution is 2.59. The summed E-state index contributed by atoms with van der Waals surface area (Å²) in [6.07, 6.45) is 0.